The van der Waals surface area contributed by atoms with Crippen molar-refractivity contribution in [2.24, 2.45) is 0 Å². The molecule has 1 saturated heterocycles. The van der Waals surface area contributed by atoms with Gasteiger partial charge in [0, 0.05) is 47.6 Å². The second-order valence-electron chi connectivity index (χ2n) is 8.89. The zero-order valence-corrected chi connectivity index (χ0v) is 24.0. The smallest absolute Gasteiger partial charge is 0.256 e. The van der Waals surface area contributed by atoms with E-state index in [1.807, 2.05) is 4.90 Å². The average Bonchev–Trinajstić information content (AvgIpc) is 2.92. The van der Waals surface area contributed by atoms with E-state index in [1.165, 1.54) is 46.8 Å². The Hall–Kier alpha value is -2.89. The van der Waals surface area contributed by atoms with Crippen molar-refractivity contribution in [1.29, 1.82) is 0 Å². The first-order chi connectivity index (χ1) is 18.5. The maximum absolute atomic E-state index is 13.2. The van der Waals surface area contributed by atoms with Crippen molar-refractivity contribution < 1.29 is 21.6 Å². The van der Waals surface area contributed by atoms with Crippen LogP contribution in [0.15, 0.2) is 89.2 Å². The monoisotopic (exact) mass is 607 g/mol. The van der Waals surface area contributed by atoms with Crippen LogP contribution in [-0.2, 0) is 19.9 Å². The van der Waals surface area contributed by atoms with Gasteiger partial charge >= 0.3 is 0 Å². The predicted octanol–water partition coefficient (Wildman–Crippen LogP) is 5.11. The molecule has 0 aromatic heterocycles. The molecule has 0 unspecified atom stereocenters. The lowest BCUT2D eigenvalue weighted by Crippen LogP contribution is -2.48. The summed E-state index contributed by atoms with van der Waals surface area (Å²) in [5, 5.41) is 3.68. The number of nitrogens with one attached hydrogen (secondary N) is 1. The van der Waals surface area contributed by atoms with Gasteiger partial charge in [-0.15, -0.1) is 6.58 Å². The zero-order chi connectivity index (χ0) is 28.2. The summed E-state index contributed by atoms with van der Waals surface area (Å²) < 4.78 is 53.3. The normalized spacial score (nSPS) is 14.7. The molecule has 0 aliphatic carbocycles. The van der Waals surface area contributed by atoms with Crippen LogP contribution < -0.4 is 10.2 Å². The van der Waals surface area contributed by atoms with Crippen LogP contribution in [0, 0.1) is 0 Å². The Morgan fingerprint density at radius 2 is 1.51 bits per heavy atom. The van der Waals surface area contributed by atoms with Gasteiger partial charge in [-0.25, -0.2) is 16.8 Å². The number of rotatable bonds is 9. The molecule has 0 atom stereocenters. The summed E-state index contributed by atoms with van der Waals surface area (Å²) in [6, 6.07) is 17.0. The molecule has 8 nitrogen and oxygen atoms in total. The van der Waals surface area contributed by atoms with E-state index in [0.717, 1.165) is 5.69 Å². The molecular weight excluding hydrogens is 581 g/mol. The fourth-order valence-corrected chi connectivity index (χ4v) is 7.66. The van der Waals surface area contributed by atoms with Gasteiger partial charge in [0.05, 0.1) is 21.1 Å². The molecule has 1 aliphatic heterocycles. The molecule has 0 spiro atoms. The summed E-state index contributed by atoms with van der Waals surface area (Å²) in [6.45, 7) is 5.05. The summed E-state index contributed by atoms with van der Waals surface area (Å²) in [4.78, 5) is 15.0. The molecule has 1 fully saturated rings. The molecule has 4 rings (SSSR count). The molecule has 206 valence electrons. The quantitative estimate of drug-likeness (QED) is 0.339. The van der Waals surface area contributed by atoms with E-state index in [2.05, 4.69) is 11.9 Å². The van der Waals surface area contributed by atoms with Crippen LogP contribution in [0.5, 0.6) is 0 Å². The number of sulfone groups is 1. The number of carbonyl (C=O) groups excluding carboxylic acids is 1. The number of benzene rings is 3. The van der Waals surface area contributed by atoms with E-state index < -0.39 is 25.8 Å². The van der Waals surface area contributed by atoms with E-state index in [1.54, 1.807) is 30.3 Å². The predicted molar refractivity (Wildman–Crippen MR) is 155 cm³/mol. The van der Waals surface area contributed by atoms with E-state index in [0.29, 0.717) is 28.8 Å². The Morgan fingerprint density at radius 1 is 0.897 bits per heavy atom. The molecule has 12 heteroatoms. The number of anilines is 2. The molecule has 0 radical (unpaired) electrons. The number of nitrogens with zero attached hydrogens (tertiary/aromatic N) is 2. The third-order valence-electron chi connectivity index (χ3n) is 6.26. The Kier molecular flexibility index (Phi) is 9.03. The Balaban J connectivity index is 1.44. The number of hydrogen-bond donors (Lipinski definition) is 1. The first-order valence-electron chi connectivity index (χ1n) is 12.1. The van der Waals surface area contributed by atoms with Gasteiger partial charge in [0.25, 0.3) is 5.91 Å². The van der Waals surface area contributed by atoms with Gasteiger partial charge in [-0.2, -0.15) is 4.31 Å². The Bertz CT molecular complexity index is 1570. The van der Waals surface area contributed by atoms with Crippen molar-refractivity contribution in [1.82, 2.24) is 4.31 Å². The molecule has 1 N–H and O–H groups in total. The molecular formula is C27H27Cl2N3O5S2. The van der Waals surface area contributed by atoms with E-state index in [-0.39, 0.29) is 40.6 Å². The summed E-state index contributed by atoms with van der Waals surface area (Å²) in [7, 11) is -7.45. The second-order valence-corrected chi connectivity index (χ2v) is 13.8. The fraction of sp³-hybridized carbons (Fsp3) is 0.222. The Labute approximate surface area is 238 Å². The highest BCUT2D eigenvalue weighted by Crippen LogP contribution is 2.28. The van der Waals surface area contributed by atoms with E-state index >= 15 is 0 Å². The summed E-state index contributed by atoms with van der Waals surface area (Å²) in [5.74, 6) is -0.769. The van der Waals surface area contributed by atoms with Crippen LogP contribution >= 0.6 is 23.2 Å². The lowest BCUT2D eigenvalue weighted by atomic mass is 10.2. The van der Waals surface area contributed by atoms with Crippen molar-refractivity contribution in [3.8, 4) is 0 Å². The zero-order valence-electron chi connectivity index (χ0n) is 20.9. The number of hydrogen-bond acceptors (Lipinski definition) is 6. The maximum atomic E-state index is 13.2. The maximum Gasteiger partial charge on any atom is 0.256 e. The molecule has 1 amide bonds. The van der Waals surface area contributed by atoms with Crippen LogP contribution in [0.1, 0.15) is 16.8 Å². The largest absolute Gasteiger partial charge is 0.369 e. The fourth-order valence-electron chi connectivity index (χ4n) is 4.24. The van der Waals surface area contributed by atoms with Gasteiger partial charge in [0.2, 0.25) is 10.0 Å². The van der Waals surface area contributed by atoms with Crippen LogP contribution in [0.25, 0.3) is 0 Å². The standard InChI is InChI=1S/C27H27Cl2N3O5S2/c1-2-3-16-38(34,35)26-7-5-4-6-25(26)27(33)30-22-8-10-24(11-9-22)39(36,37)32-14-12-31(13-15-32)23-18-20(28)17-21(29)19-23/h2,4-11,17-19H,1,3,12-16H2,(H,30,33). The molecule has 1 heterocycles. The highest BCUT2D eigenvalue weighted by atomic mass is 35.5. The molecule has 0 bridgehead atoms. The van der Waals surface area contributed by atoms with E-state index in [4.69, 9.17) is 23.2 Å². The highest BCUT2D eigenvalue weighted by Gasteiger charge is 2.29. The van der Waals surface area contributed by atoms with Crippen LogP contribution in [0.3, 0.4) is 0 Å². The first kappa shape index (κ1) is 29.1. The third kappa shape index (κ3) is 6.82. The van der Waals surface area contributed by atoms with E-state index in [9.17, 15) is 21.6 Å². The SMILES string of the molecule is C=CCCS(=O)(=O)c1ccccc1C(=O)Nc1ccc(S(=O)(=O)N2CCN(c3cc(Cl)cc(Cl)c3)CC2)cc1. The first-order valence-corrected chi connectivity index (χ1v) is 15.9. The van der Waals surface area contributed by atoms with Crippen LogP contribution in [0.4, 0.5) is 11.4 Å². The third-order valence-corrected chi connectivity index (χ3v) is 10.4. The van der Waals surface area contributed by atoms with Crippen molar-refractivity contribution in [2.45, 2.75) is 16.2 Å². The lowest BCUT2D eigenvalue weighted by Gasteiger charge is -2.35. The second kappa shape index (κ2) is 12.1. The Morgan fingerprint density at radius 3 is 2.13 bits per heavy atom. The summed E-state index contributed by atoms with van der Waals surface area (Å²) in [6.07, 6.45) is 1.77. The summed E-state index contributed by atoms with van der Waals surface area (Å²) in [5.41, 5.74) is 1.18. The highest BCUT2D eigenvalue weighted by molar-refractivity contribution is 7.91. The summed E-state index contributed by atoms with van der Waals surface area (Å²) >= 11 is 12.2. The van der Waals surface area contributed by atoms with Crippen molar-refractivity contribution in [2.75, 3.05) is 42.1 Å². The molecule has 39 heavy (non-hydrogen) atoms. The number of halogens is 2. The van der Waals surface area contributed by atoms with Gasteiger partial charge in [-0.3, -0.25) is 4.79 Å². The van der Waals surface area contributed by atoms with Gasteiger partial charge in [0.15, 0.2) is 9.84 Å². The van der Waals surface area contributed by atoms with Gasteiger partial charge in [-0.1, -0.05) is 41.4 Å². The average molecular weight is 609 g/mol. The van der Waals surface area contributed by atoms with Crippen LogP contribution in [-0.4, -0.2) is 59.0 Å². The number of sulfonamides is 1. The number of piperazine rings is 1. The number of carbonyl (C=O) groups is 1. The van der Waals surface area contributed by atoms with Gasteiger partial charge in [0.1, 0.15) is 0 Å². The lowest BCUT2D eigenvalue weighted by molar-refractivity contribution is 0.102. The molecule has 3 aromatic rings. The molecule has 3 aromatic carbocycles. The topological polar surface area (TPSA) is 104 Å². The molecule has 0 saturated carbocycles. The number of amides is 1. The number of allylic oxidation sites excluding steroid dienone is 1. The minimum Gasteiger partial charge on any atom is -0.369 e. The molecule has 1 aliphatic rings. The van der Waals surface area contributed by atoms with Crippen molar-refractivity contribution in [3.05, 3.63) is 95.0 Å². The van der Waals surface area contributed by atoms with Gasteiger partial charge < -0.3 is 10.2 Å². The minimum atomic E-state index is -3.76. The van der Waals surface area contributed by atoms with Gasteiger partial charge in [-0.05, 0) is 61.0 Å². The van der Waals surface area contributed by atoms with Crippen molar-refractivity contribution in [3.63, 3.8) is 0 Å². The van der Waals surface area contributed by atoms with Crippen molar-refractivity contribution >= 4 is 60.3 Å². The van der Waals surface area contributed by atoms with Crippen LogP contribution in [0.2, 0.25) is 10.0 Å². The minimum absolute atomic E-state index is 0.0112.